The van der Waals surface area contributed by atoms with Crippen molar-refractivity contribution in [2.75, 3.05) is 62.3 Å². The number of hydrogen-bond acceptors (Lipinski definition) is 6. The fraction of sp³-hybridized carbons (Fsp3) is 0.500. The van der Waals surface area contributed by atoms with Gasteiger partial charge in [0, 0.05) is 56.4 Å². The number of hydrogen-bond donors (Lipinski definition) is 0. The van der Waals surface area contributed by atoms with Crippen molar-refractivity contribution in [2.24, 2.45) is 0 Å². The molecular weight excluding hydrogens is 362 g/mol. The highest BCUT2D eigenvalue weighted by Crippen LogP contribution is 2.25. The van der Waals surface area contributed by atoms with Gasteiger partial charge in [0.15, 0.2) is 0 Å². The van der Waals surface area contributed by atoms with Crippen LogP contribution in [0.1, 0.15) is 18.5 Å². The van der Waals surface area contributed by atoms with Crippen molar-refractivity contribution < 1.29 is 4.74 Å². The van der Waals surface area contributed by atoms with E-state index < -0.39 is 0 Å². The smallest absolute Gasteiger partial charge is 0.134 e. The van der Waals surface area contributed by atoms with Crippen LogP contribution in [0.4, 0.5) is 11.6 Å². The van der Waals surface area contributed by atoms with Gasteiger partial charge >= 0.3 is 0 Å². The molecule has 2 aromatic rings. The van der Waals surface area contributed by atoms with E-state index >= 15 is 0 Å². The monoisotopic (exact) mass is 387 g/mol. The molecule has 2 fully saturated rings. The summed E-state index contributed by atoms with van der Waals surface area (Å²) in [5.74, 6) is 2.02. The Morgan fingerprint density at radius 3 is 2.11 bits per heavy atom. The van der Waals surface area contributed by atoms with Gasteiger partial charge in [-0.15, -0.1) is 0 Å². The standard InChI is InChI=1S/C20H26ClN5O/c1-16(17-2-4-18(21)5-3-17)24-6-8-25(9-7-24)19-14-20(23-15-22-19)26-10-12-27-13-11-26/h2-5,14-16H,6-13H2,1H3. The second-order valence-electron chi connectivity index (χ2n) is 7.08. The molecule has 6 nitrogen and oxygen atoms in total. The number of ether oxygens (including phenoxy) is 1. The zero-order valence-corrected chi connectivity index (χ0v) is 16.5. The first kappa shape index (κ1) is 18.5. The number of benzene rings is 1. The minimum Gasteiger partial charge on any atom is -0.378 e. The lowest BCUT2D eigenvalue weighted by Gasteiger charge is -2.39. The molecule has 1 atom stereocenters. The van der Waals surface area contributed by atoms with Crippen molar-refractivity contribution >= 4 is 23.2 Å². The van der Waals surface area contributed by atoms with E-state index in [1.807, 2.05) is 12.1 Å². The topological polar surface area (TPSA) is 44.7 Å². The minimum absolute atomic E-state index is 0.388. The fourth-order valence-corrected chi connectivity index (χ4v) is 3.89. The van der Waals surface area contributed by atoms with Crippen molar-refractivity contribution in [3.8, 4) is 0 Å². The molecule has 1 unspecified atom stereocenters. The van der Waals surface area contributed by atoms with E-state index in [0.717, 1.165) is 69.1 Å². The highest BCUT2D eigenvalue weighted by atomic mass is 35.5. The van der Waals surface area contributed by atoms with Gasteiger partial charge in [0.05, 0.1) is 13.2 Å². The normalized spacial score (nSPS) is 19.9. The molecule has 0 amide bonds. The van der Waals surface area contributed by atoms with E-state index in [9.17, 15) is 0 Å². The minimum atomic E-state index is 0.388. The zero-order chi connectivity index (χ0) is 18.6. The summed E-state index contributed by atoms with van der Waals surface area (Å²) in [5, 5.41) is 0.788. The second kappa shape index (κ2) is 8.42. The first-order valence-electron chi connectivity index (χ1n) is 9.60. The van der Waals surface area contributed by atoms with E-state index in [1.54, 1.807) is 6.33 Å². The number of rotatable bonds is 4. The molecule has 0 saturated carbocycles. The summed E-state index contributed by atoms with van der Waals surface area (Å²) < 4.78 is 5.44. The molecular formula is C20H26ClN5O. The Bertz CT molecular complexity index is 742. The van der Waals surface area contributed by atoms with E-state index in [4.69, 9.17) is 16.3 Å². The molecule has 7 heteroatoms. The van der Waals surface area contributed by atoms with Crippen LogP contribution in [0, 0.1) is 0 Å². The summed E-state index contributed by atoms with van der Waals surface area (Å²) in [6, 6.07) is 10.7. The molecule has 0 bridgehead atoms. The van der Waals surface area contributed by atoms with Gasteiger partial charge in [-0.25, -0.2) is 9.97 Å². The van der Waals surface area contributed by atoms with Crippen LogP contribution in [-0.4, -0.2) is 67.4 Å². The largest absolute Gasteiger partial charge is 0.378 e. The van der Waals surface area contributed by atoms with Crippen LogP contribution in [0.5, 0.6) is 0 Å². The third-order valence-corrected chi connectivity index (χ3v) is 5.76. The first-order valence-corrected chi connectivity index (χ1v) is 9.98. The van der Waals surface area contributed by atoms with E-state index in [0.29, 0.717) is 6.04 Å². The van der Waals surface area contributed by atoms with E-state index in [-0.39, 0.29) is 0 Å². The van der Waals surface area contributed by atoms with Gasteiger partial charge in [-0.05, 0) is 24.6 Å². The number of morpholine rings is 1. The van der Waals surface area contributed by atoms with E-state index in [1.165, 1.54) is 5.56 Å². The summed E-state index contributed by atoms with van der Waals surface area (Å²) in [6.45, 7) is 9.54. The molecule has 0 radical (unpaired) electrons. The lowest BCUT2D eigenvalue weighted by atomic mass is 10.1. The van der Waals surface area contributed by atoms with Crippen LogP contribution in [0.25, 0.3) is 0 Å². The van der Waals surface area contributed by atoms with Crippen molar-refractivity contribution in [3.05, 3.63) is 47.2 Å². The highest BCUT2D eigenvalue weighted by molar-refractivity contribution is 6.30. The van der Waals surface area contributed by atoms with Crippen LogP contribution in [-0.2, 0) is 4.74 Å². The van der Waals surface area contributed by atoms with Crippen molar-refractivity contribution in [2.45, 2.75) is 13.0 Å². The molecule has 0 N–H and O–H groups in total. The predicted octanol–water partition coefficient (Wildman–Crippen LogP) is 2.85. The van der Waals surface area contributed by atoms with Crippen molar-refractivity contribution in [1.82, 2.24) is 14.9 Å². The number of anilines is 2. The van der Waals surface area contributed by atoms with Gasteiger partial charge in [0.25, 0.3) is 0 Å². The molecule has 2 saturated heterocycles. The molecule has 0 spiro atoms. The average molecular weight is 388 g/mol. The lowest BCUT2D eigenvalue weighted by Crippen LogP contribution is -2.47. The summed E-state index contributed by atoms with van der Waals surface area (Å²) in [6.07, 6.45) is 1.68. The lowest BCUT2D eigenvalue weighted by molar-refractivity contribution is 0.122. The number of halogens is 1. The van der Waals surface area contributed by atoms with Gasteiger partial charge in [0.1, 0.15) is 18.0 Å². The maximum Gasteiger partial charge on any atom is 0.134 e. The Balaban J connectivity index is 1.38. The van der Waals surface area contributed by atoms with E-state index in [2.05, 4.69) is 49.8 Å². The molecule has 27 heavy (non-hydrogen) atoms. The van der Waals surface area contributed by atoms with Crippen LogP contribution in [0.3, 0.4) is 0 Å². The number of nitrogens with zero attached hydrogens (tertiary/aromatic N) is 5. The van der Waals surface area contributed by atoms with Gasteiger partial charge in [0.2, 0.25) is 0 Å². The third-order valence-electron chi connectivity index (χ3n) is 5.51. The van der Waals surface area contributed by atoms with Crippen LogP contribution < -0.4 is 9.80 Å². The van der Waals surface area contributed by atoms with Gasteiger partial charge < -0.3 is 14.5 Å². The van der Waals surface area contributed by atoms with Crippen LogP contribution in [0.2, 0.25) is 5.02 Å². The Morgan fingerprint density at radius 1 is 0.889 bits per heavy atom. The Hall–Kier alpha value is -1.89. The molecule has 2 aliphatic heterocycles. The maximum atomic E-state index is 6.02. The molecule has 1 aromatic heterocycles. The zero-order valence-electron chi connectivity index (χ0n) is 15.7. The molecule has 2 aliphatic rings. The Labute approximate surface area is 165 Å². The third kappa shape index (κ3) is 4.34. The second-order valence-corrected chi connectivity index (χ2v) is 7.52. The number of aromatic nitrogens is 2. The summed E-state index contributed by atoms with van der Waals surface area (Å²) >= 11 is 6.02. The Morgan fingerprint density at radius 2 is 1.48 bits per heavy atom. The summed E-state index contributed by atoms with van der Waals surface area (Å²) in [5.41, 5.74) is 1.31. The molecule has 3 heterocycles. The van der Waals surface area contributed by atoms with Gasteiger partial charge in [-0.1, -0.05) is 23.7 Å². The summed E-state index contributed by atoms with van der Waals surface area (Å²) in [7, 11) is 0. The molecule has 4 rings (SSSR count). The summed E-state index contributed by atoms with van der Waals surface area (Å²) in [4.78, 5) is 16.1. The predicted molar refractivity (Wildman–Crippen MR) is 109 cm³/mol. The van der Waals surface area contributed by atoms with Crippen LogP contribution >= 0.6 is 11.6 Å². The molecule has 144 valence electrons. The SMILES string of the molecule is CC(c1ccc(Cl)cc1)N1CCN(c2cc(N3CCOCC3)ncn2)CC1. The highest BCUT2D eigenvalue weighted by Gasteiger charge is 2.23. The van der Waals surface area contributed by atoms with Gasteiger partial charge in [-0.2, -0.15) is 0 Å². The first-order chi connectivity index (χ1) is 13.2. The van der Waals surface area contributed by atoms with Crippen LogP contribution in [0.15, 0.2) is 36.7 Å². The molecule has 1 aromatic carbocycles. The Kier molecular flexibility index (Phi) is 5.76. The van der Waals surface area contributed by atoms with Gasteiger partial charge in [-0.3, -0.25) is 4.90 Å². The molecule has 0 aliphatic carbocycles. The fourth-order valence-electron chi connectivity index (χ4n) is 3.77. The van der Waals surface area contributed by atoms with Crippen molar-refractivity contribution in [1.29, 1.82) is 0 Å². The maximum absolute atomic E-state index is 6.02. The average Bonchev–Trinajstić information content (AvgIpc) is 2.75. The number of piperazine rings is 1. The van der Waals surface area contributed by atoms with Crippen molar-refractivity contribution in [3.63, 3.8) is 0 Å². The quantitative estimate of drug-likeness (QED) is 0.803.